The Hall–Kier alpha value is -4.92. The van der Waals surface area contributed by atoms with Gasteiger partial charge in [0.1, 0.15) is 5.82 Å². The largest absolute Gasteiger partial charge is 0.493 e. The smallest absolute Gasteiger partial charge is 0.268 e. The van der Waals surface area contributed by atoms with Crippen LogP contribution in [0.15, 0.2) is 77.7 Å². The maximum atomic E-state index is 13.6. The Morgan fingerprint density at radius 1 is 0.865 bits per heavy atom. The van der Waals surface area contributed by atoms with Crippen LogP contribution in [0, 0.1) is 0 Å². The highest BCUT2D eigenvalue weighted by atomic mass is 16.5. The van der Waals surface area contributed by atoms with Gasteiger partial charge in [-0.25, -0.2) is 14.5 Å². The molecule has 0 aliphatic carbocycles. The van der Waals surface area contributed by atoms with Gasteiger partial charge in [0.15, 0.2) is 17.3 Å². The SMILES string of the molecule is COc1cc(Cc2cnc(-n3c(-c4ccccc4)nc4ccccc4c3=O)nc2N)cc(OC)c1OC. The van der Waals surface area contributed by atoms with E-state index in [9.17, 15) is 4.79 Å². The summed E-state index contributed by atoms with van der Waals surface area (Å²) in [6, 6.07) is 20.3. The van der Waals surface area contributed by atoms with Crippen molar-refractivity contribution in [2.75, 3.05) is 27.1 Å². The van der Waals surface area contributed by atoms with E-state index in [1.165, 1.54) is 4.57 Å². The van der Waals surface area contributed by atoms with E-state index in [0.717, 1.165) is 11.1 Å². The summed E-state index contributed by atoms with van der Waals surface area (Å²) in [6.07, 6.45) is 2.04. The summed E-state index contributed by atoms with van der Waals surface area (Å²) in [5.41, 5.74) is 9.00. The van der Waals surface area contributed by atoms with E-state index in [2.05, 4.69) is 9.97 Å². The van der Waals surface area contributed by atoms with Crippen molar-refractivity contribution in [2.45, 2.75) is 6.42 Å². The number of ether oxygens (including phenoxy) is 3. The molecule has 0 saturated carbocycles. The third-order valence-corrected chi connectivity index (χ3v) is 6.01. The van der Waals surface area contributed by atoms with Crippen LogP contribution in [0.2, 0.25) is 0 Å². The zero-order valence-corrected chi connectivity index (χ0v) is 20.6. The predicted octanol–water partition coefficient (Wildman–Crippen LogP) is 4.04. The van der Waals surface area contributed by atoms with Crippen LogP contribution in [0.4, 0.5) is 5.82 Å². The molecule has 0 amide bonds. The number of hydrogen-bond donors (Lipinski definition) is 1. The molecule has 0 aliphatic rings. The maximum Gasteiger partial charge on any atom is 0.268 e. The zero-order valence-electron chi connectivity index (χ0n) is 20.6. The number of benzene rings is 3. The van der Waals surface area contributed by atoms with Crippen LogP contribution >= 0.6 is 0 Å². The molecular weight excluding hydrogens is 470 g/mol. The minimum Gasteiger partial charge on any atom is -0.493 e. The molecule has 9 heteroatoms. The third kappa shape index (κ3) is 4.42. The Bertz CT molecular complexity index is 1630. The molecule has 0 spiro atoms. The highest BCUT2D eigenvalue weighted by Gasteiger charge is 2.18. The van der Waals surface area contributed by atoms with Crippen molar-refractivity contribution in [1.29, 1.82) is 0 Å². The average Bonchev–Trinajstić information content (AvgIpc) is 2.94. The predicted molar refractivity (Wildman–Crippen MR) is 142 cm³/mol. The van der Waals surface area contributed by atoms with E-state index in [1.54, 1.807) is 39.7 Å². The molecule has 0 fully saturated rings. The van der Waals surface area contributed by atoms with Crippen molar-refractivity contribution in [3.8, 4) is 34.6 Å². The number of para-hydroxylation sites is 1. The van der Waals surface area contributed by atoms with E-state index in [0.29, 0.717) is 46.0 Å². The molecule has 3 aromatic carbocycles. The molecule has 2 N–H and O–H groups in total. The summed E-state index contributed by atoms with van der Waals surface area (Å²) < 4.78 is 17.7. The van der Waals surface area contributed by atoms with Crippen LogP contribution in [0.3, 0.4) is 0 Å². The lowest BCUT2D eigenvalue weighted by molar-refractivity contribution is 0.324. The van der Waals surface area contributed by atoms with Gasteiger partial charge in [0.2, 0.25) is 11.7 Å². The van der Waals surface area contributed by atoms with Gasteiger partial charge in [-0.15, -0.1) is 0 Å². The Balaban J connectivity index is 1.60. The molecule has 186 valence electrons. The minimum absolute atomic E-state index is 0.147. The molecule has 0 atom stereocenters. The summed E-state index contributed by atoms with van der Waals surface area (Å²) in [4.78, 5) is 27.4. The molecule has 9 nitrogen and oxygen atoms in total. The van der Waals surface area contributed by atoms with Crippen LogP contribution in [0.1, 0.15) is 11.1 Å². The highest BCUT2D eigenvalue weighted by molar-refractivity contribution is 5.80. The van der Waals surface area contributed by atoms with Crippen LogP contribution in [-0.4, -0.2) is 40.8 Å². The standard InChI is InChI=1S/C28H25N5O4/c1-35-22-14-17(15-23(36-2)24(22)37-3)13-19-16-30-28(32-25(19)29)33-26(18-9-5-4-6-10-18)31-21-12-8-7-11-20(21)27(33)34/h4-12,14-16H,13H2,1-3H3,(H2,29,30,32). The lowest BCUT2D eigenvalue weighted by atomic mass is 10.1. The van der Waals surface area contributed by atoms with E-state index in [1.807, 2.05) is 54.6 Å². The zero-order chi connectivity index (χ0) is 25.9. The Morgan fingerprint density at radius 2 is 1.54 bits per heavy atom. The second-order valence-electron chi connectivity index (χ2n) is 8.25. The normalized spacial score (nSPS) is 10.9. The monoisotopic (exact) mass is 495 g/mol. The fourth-order valence-corrected chi connectivity index (χ4v) is 4.21. The summed E-state index contributed by atoms with van der Waals surface area (Å²) in [7, 11) is 4.68. The molecule has 0 bridgehead atoms. The molecule has 0 aliphatic heterocycles. The molecule has 5 aromatic rings. The van der Waals surface area contributed by atoms with Crippen molar-refractivity contribution >= 4 is 16.7 Å². The topological polar surface area (TPSA) is 114 Å². The first-order chi connectivity index (χ1) is 18.0. The molecule has 5 rings (SSSR count). The van der Waals surface area contributed by atoms with E-state index >= 15 is 0 Å². The Morgan fingerprint density at radius 3 is 2.19 bits per heavy atom. The summed E-state index contributed by atoms with van der Waals surface area (Å²) in [6.45, 7) is 0. The number of nitrogen functional groups attached to an aromatic ring is 1. The van der Waals surface area contributed by atoms with Crippen LogP contribution in [0.5, 0.6) is 17.2 Å². The molecule has 37 heavy (non-hydrogen) atoms. The van der Waals surface area contributed by atoms with Gasteiger partial charge < -0.3 is 19.9 Å². The van der Waals surface area contributed by atoms with Gasteiger partial charge in [0, 0.05) is 23.7 Å². The van der Waals surface area contributed by atoms with E-state index < -0.39 is 0 Å². The highest BCUT2D eigenvalue weighted by Crippen LogP contribution is 2.39. The van der Waals surface area contributed by atoms with Crippen LogP contribution < -0.4 is 25.5 Å². The molecule has 0 radical (unpaired) electrons. The Kier molecular flexibility index (Phi) is 6.42. The van der Waals surface area contributed by atoms with E-state index in [-0.39, 0.29) is 17.3 Å². The summed E-state index contributed by atoms with van der Waals surface area (Å²) in [5.74, 6) is 2.40. The van der Waals surface area contributed by atoms with Gasteiger partial charge in [0.25, 0.3) is 5.56 Å². The van der Waals surface area contributed by atoms with Crippen LogP contribution in [-0.2, 0) is 6.42 Å². The second-order valence-corrected chi connectivity index (χ2v) is 8.25. The number of rotatable bonds is 7. The maximum absolute atomic E-state index is 13.6. The second kappa shape index (κ2) is 9.98. The average molecular weight is 496 g/mol. The number of fused-ring (bicyclic) bond motifs is 1. The molecule has 2 aromatic heterocycles. The number of aromatic nitrogens is 4. The lowest BCUT2D eigenvalue weighted by Crippen LogP contribution is -2.24. The van der Waals surface area contributed by atoms with Gasteiger partial charge in [0.05, 0.1) is 32.2 Å². The van der Waals surface area contributed by atoms with Gasteiger partial charge in [-0.3, -0.25) is 4.79 Å². The summed E-state index contributed by atoms with van der Waals surface area (Å²) >= 11 is 0. The fraction of sp³-hybridized carbons (Fsp3) is 0.143. The van der Waals surface area contributed by atoms with Crippen molar-refractivity contribution in [3.05, 3.63) is 94.4 Å². The third-order valence-electron chi connectivity index (χ3n) is 6.01. The van der Waals surface area contributed by atoms with Gasteiger partial charge in [-0.05, 0) is 29.8 Å². The first kappa shape index (κ1) is 23.8. The Labute approximate surface area is 213 Å². The van der Waals surface area contributed by atoms with E-state index in [4.69, 9.17) is 24.9 Å². The first-order valence-corrected chi connectivity index (χ1v) is 11.5. The fourth-order valence-electron chi connectivity index (χ4n) is 4.21. The quantitative estimate of drug-likeness (QED) is 0.360. The number of nitrogens with zero attached hydrogens (tertiary/aromatic N) is 4. The number of anilines is 1. The van der Waals surface area contributed by atoms with Gasteiger partial charge in [-0.2, -0.15) is 4.98 Å². The van der Waals surface area contributed by atoms with Crippen molar-refractivity contribution in [3.63, 3.8) is 0 Å². The van der Waals surface area contributed by atoms with Crippen molar-refractivity contribution in [2.24, 2.45) is 0 Å². The van der Waals surface area contributed by atoms with Crippen molar-refractivity contribution in [1.82, 2.24) is 19.5 Å². The lowest BCUT2D eigenvalue weighted by Gasteiger charge is -2.15. The number of methoxy groups -OCH3 is 3. The van der Waals surface area contributed by atoms with Gasteiger partial charge in [-0.1, -0.05) is 42.5 Å². The number of hydrogen-bond acceptors (Lipinski definition) is 8. The summed E-state index contributed by atoms with van der Waals surface area (Å²) in [5, 5.41) is 0.464. The van der Waals surface area contributed by atoms with Crippen molar-refractivity contribution < 1.29 is 14.2 Å². The molecular formula is C28H25N5O4. The molecule has 2 heterocycles. The molecule has 0 unspecified atom stereocenters. The van der Waals surface area contributed by atoms with Gasteiger partial charge >= 0.3 is 0 Å². The number of nitrogens with two attached hydrogens (primary N) is 1. The molecule has 0 saturated heterocycles. The van der Waals surface area contributed by atoms with Crippen LogP contribution in [0.25, 0.3) is 28.2 Å². The minimum atomic E-state index is -0.277. The first-order valence-electron chi connectivity index (χ1n) is 11.5.